The molecular formula is C12H21N3O2. The molecule has 0 saturated heterocycles. The molecule has 0 spiro atoms. The first-order valence-corrected chi connectivity index (χ1v) is 6.15. The van der Waals surface area contributed by atoms with Crippen LogP contribution in [0.4, 0.5) is 5.69 Å². The van der Waals surface area contributed by atoms with Crippen molar-refractivity contribution in [2.75, 3.05) is 5.73 Å². The van der Waals surface area contributed by atoms with Gasteiger partial charge in [0.2, 0.25) is 0 Å². The molecule has 1 rings (SSSR count). The minimum atomic E-state index is -0.841. The molecule has 1 aromatic heterocycles. The summed E-state index contributed by atoms with van der Waals surface area (Å²) < 4.78 is 1.60. The van der Waals surface area contributed by atoms with Crippen LogP contribution in [0.15, 0.2) is 0 Å². The second-order valence-corrected chi connectivity index (χ2v) is 4.10. The van der Waals surface area contributed by atoms with Crippen molar-refractivity contribution in [3.05, 3.63) is 11.4 Å². The smallest absolute Gasteiger partial charge is 0.328 e. The number of carbonyl (C=O) groups is 1. The predicted octanol–water partition coefficient (Wildman–Crippen LogP) is 2.02. The van der Waals surface area contributed by atoms with Crippen LogP contribution in [0.1, 0.15) is 51.0 Å². The van der Waals surface area contributed by atoms with E-state index in [1.807, 2.05) is 20.8 Å². The van der Waals surface area contributed by atoms with Gasteiger partial charge in [0.25, 0.3) is 0 Å². The van der Waals surface area contributed by atoms with Crippen LogP contribution in [0.3, 0.4) is 0 Å². The Morgan fingerprint density at radius 1 is 1.41 bits per heavy atom. The van der Waals surface area contributed by atoms with E-state index in [1.54, 1.807) is 4.68 Å². The highest BCUT2D eigenvalue weighted by molar-refractivity contribution is 5.72. The monoisotopic (exact) mass is 239 g/mol. The summed E-state index contributed by atoms with van der Waals surface area (Å²) in [6, 6.07) is -0.599. The van der Waals surface area contributed by atoms with Gasteiger partial charge in [0.15, 0.2) is 0 Å². The number of anilines is 1. The summed E-state index contributed by atoms with van der Waals surface area (Å²) in [4.78, 5) is 11.3. The lowest BCUT2D eigenvalue weighted by molar-refractivity contribution is -0.141. The molecule has 5 heteroatoms. The second kappa shape index (κ2) is 5.70. The Bertz CT molecular complexity index is 399. The van der Waals surface area contributed by atoms with Gasteiger partial charge in [-0.3, -0.25) is 4.68 Å². The van der Waals surface area contributed by atoms with E-state index in [-0.39, 0.29) is 0 Å². The minimum Gasteiger partial charge on any atom is -0.480 e. The zero-order valence-corrected chi connectivity index (χ0v) is 10.7. The number of hydrogen-bond donors (Lipinski definition) is 2. The fourth-order valence-electron chi connectivity index (χ4n) is 2.03. The highest BCUT2D eigenvalue weighted by atomic mass is 16.4. The number of carboxylic acids is 1. The quantitative estimate of drug-likeness (QED) is 0.795. The van der Waals surface area contributed by atoms with E-state index in [4.69, 9.17) is 5.73 Å². The van der Waals surface area contributed by atoms with E-state index in [0.717, 1.165) is 24.2 Å². The van der Waals surface area contributed by atoms with Crippen molar-refractivity contribution >= 4 is 11.7 Å². The molecule has 0 aliphatic heterocycles. The lowest BCUT2D eigenvalue weighted by atomic mass is 10.1. The summed E-state index contributed by atoms with van der Waals surface area (Å²) in [5, 5.41) is 13.6. The number of nitrogens with zero attached hydrogens (tertiary/aromatic N) is 2. The predicted molar refractivity (Wildman–Crippen MR) is 67.0 cm³/mol. The first-order valence-electron chi connectivity index (χ1n) is 6.15. The highest BCUT2D eigenvalue weighted by Gasteiger charge is 2.24. The molecule has 0 aromatic carbocycles. The third kappa shape index (κ3) is 2.60. The molecule has 0 amide bonds. The zero-order valence-electron chi connectivity index (χ0n) is 10.7. The molecule has 1 aromatic rings. The largest absolute Gasteiger partial charge is 0.480 e. The van der Waals surface area contributed by atoms with E-state index >= 15 is 0 Å². The van der Waals surface area contributed by atoms with Crippen LogP contribution < -0.4 is 5.73 Å². The number of nitrogens with two attached hydrogens (primary N) is 1. The van der Waals surface area contributed by atoms with Crippen LogP contribution in [0.25, 0.3) is 0 Å². The maximum absolute atomic E-state index is 11.3. The summed E-state index contributed by atoms with van der Waals surface area (Å²) in [7, 11) is 0. The molecule has 1 unspecified atom stereocenters. The van der Waals surface area contributed by atoms with Gasteiger partial charge >= 0.3 is 5.97 Å². The highest BCUT2D eigenvalue weighted by Crippen LogP contribution is 2.24. The van der Waals surface area contributed by atoms with E-state index in [0.29, 0.717) is 18.5 Å². The van der Waals surface area contributed by atoms with Crippen LogP contribution in [0.2, 0.25) is 0 Å². The SMILES string of the molecule is CCCC(C(=O)O)n1nc(CC)c(N)c1CC. The van der Waals surface area contributed by atoms with Crippen molar-refractivity contribution in [2.24, 2.45) is 0 Å². The number of hydrogen-bond acceptors (Lipinski definition) is 3. The second-order valence-electron chi connectivity index (χ2n) is 4.10. The van der Waals surface area contributed by atoms with Crippen molar-refractivity contribution in [2.45, 2.75) is 52.5 Å². The average Bonchev–Trinajstić information content (AvgIpc) is 2.61. The van der Waals surface area contributed by atoms with Gasteiger partial charge in [-0.1, -0.05) is 27.2 Å². The minimum absolute atomic E-state index is 0.576. The van der Waals surface area contributed by atoms with Gasteiger partial charge in [-0.25, -0.2) is 4.79 Å². The molecule has 17 heavy (non-hydrogen) atoms. The van der Waals surface area contributed by atoms with Gasteiger partial charge in [-0.15, -0.1) is 0 Å². The molecule has 0 saturated carbocycles. The lowest BCUT2D eigenvalue weighted by Gasteiger charge is -2.14. The Labute approximate surface area is 102 Å². The van der Waals surface area contributed by atoms with E-state index in [9.17, 15) is 9.90 Å². The molecule has 0 aliphatic rings. The fourth-order valence-corrected chi connectivity index (χ4v) is 2.03. The fraction of sp³-hybridized carbons (Fsp3) is 0.667. The number of rotatable bonds is 6. The Morgan fingerprint density at radius 3 is 2.47 bits per heavy atom. The maximum Gasteiger partial charge on any atom is 0.328 e. The Hall–Kier alpha value is -1.52. The van der Waals surface area contributed by atoms with Gasteiger partial charge in [0, 0.05) is 0 Å². The molecule has 0 bridgehead atoms. The Kier molecular flexibility index (Phi) is 4.54. The summed E-state index contributed by atoms with van der Waals surface area (Å²) in [6.45, 7) is 5.90. The van der Waals surface area contributed by atoms with E-state index < -0.39 is 12.0 Å². The van der Waals surface area contributed by atoms with Gasteiger partial charge in [-0.05, 0) is 19.3 Å². The van der Waals surface area contributed by atoms with Crippen molar-refractivity contribution in [1.82, 2.24) is 9.78 Å². The number of aliphatic carboxylic acids is 1. The van der Waals surface area contributed by atoms with Gasteiger partial charge in [0.1, 0.15) is 6.04 Å². The van der Waals surface area contributed by atoms with Crippen LogP contribution in [0.5, 0.6) is 0 Å². The Balaban J connectivity index is 3.22. The molecule has 0 aliphatic carbocycles. The van der Waals surface area contributed by atoms with Crippen LogP contribution in [0, 0.1) is 0 Å². The standard InChI is InChI=1S/C12H21N3O2/c1-4-7-10(12(16)17)15-9(6-3)11(13)8(5-2)14-15/h10H,4-7,13H2,1-3H3,(H,16,17). The topological polar surface area (TPSA) is 81.1 Å². The van der Waals surface area contributed by atoms with E-state index in [1.165, 1.54) is 0 Å². The van der Waals surface area contributed by atoms with Crippen molar-refractivity contribution < 1.29 is 9.90 Å². The first-order chi connectivity index (χ1) is 8.06. The summed E-state index contributed by atoms with van der Waals surface area (Å²) in [5.41, 5.74) is 8.26. The van der Waals surface area contributed by atoms with Crippen LogP contribution in [-0.4, -0.2) is 20.9 Å². The summed E-state index contributed by atoms with van der Waals surface area (Å²) in [6.07, 6.45) is 2.81. The summed E-state index contributed by atoms with van der Waals surface area (Å²) >= 11 is 0. The van der Waals surface area contributed by atoms with Crippen molar-refractivity contribution in [3.8, 4) is 0 Å². The lowest BCUT2D eigenvalue weighted by Crippen LogP contribution is -2.22. The summed E-state index contributed by atoms with van der Waals surface area (Å²) in [5.74, 6) is -0.841. The molecule has 1 atom stereocenters. The molecule has 1 heterocycles. The van der Waals surface area contributed by atoms with E-state index in [2.05, 4.69) is 5.10 Å². The first kappa shape index (κ1) is 13.5. The molecular weight excluding hydrogens is 218 g/mol. The van der Waals surface area contributed by atoms with Gasteiger partial charge in [0.05, 0.1) is 17.1 Å². The Morgan fingerprint density at radius 2 is 2.06 bits per heavy atom. The normalized spacial score (nSPS) is 12.6. The molecule has 96 valence electrons. The number of aromatic nitrogens is 2. The van der Waals surface area contributed by atoms with Crippen LogP contribution >= 0.6 is 0 Å². The number of nitrogen functional groups attached to an aromatic ring is 1. The average molecular weight is 239 g/mol. The number of carboxylic acid groups (broad SMARTS) is 1. The maximum atomic E-state index is 11.3. The van der Waals surface area contributed by atoms with Gasteiger partial charge in [-0.2, -0.15) is 5.10 Å². The third-order valence-electron chi connectivity index (χ3n) is 2.94. The molecule has 5 nitrogen and oxygen atoms in total. The molecule has 3 N–H and O–H groups in total. The van der Waals surface area contributed by atoms with Gasteiger partial charge < -0.3 is 10.8 Å². The van der Waals surface area contributed by atoms with Crippen molar-refractivity contribution in [3.63, 3.8) is 0 Å². The molecule has 0 fully saturated rings. The third-order valence-corrected chi connectivity index (χ3v) is 2.94. The zero-order chi connectivity index (χ0) is 13.0. The number of aryl methyl sites for hydroxylation is 1. The van der Waals surface area contributed by atoms with Crippen LogP contribution in [-0.2, 0) is 17.6 Å². The molecule has 0 radical (unpaired) electrons. The van der Waals surface area contributed by atoms with Crippen molar-refractivity contribution in [1.29, 1.82) is 0 Å².